The van der Waals surface area contributed by atoms with Crippen LogP contribution in [0.25, 0.3) is 0 Å². The molecule has 0 aliphatic heterocycles. The summed E-state index contributed by atoms with van der Waals surface area (Å²) in [7, 11) is 0. The molecule has 0 heterocycles. The normalized spacial score (nSPS) is 24.6. The third kappa shape index (κ3) is 3.20. The molecule has 1 saturated carbocycles. The zero-order chi connectivity index (χ0) is 14.5. The zero-order valence-corrected chi connectivity index (χ0v) is 12.5. The fraction of sp³-hybridized carbons (Fsp3) is 0.647. The van der Waals surface area contributed by atoms with Crippen molar-refractivity contribution < 1.29 is 8.78 Å². The van der Waals surface area contributed by atoms with E-state index in [-0.39, 0.29) is 6.04 Å². The highest BCUT2D eigenvalue weighted by Crippen LogP contribution is 2.41. The predicted octanol–water partition coefficient (Wildman–Crippen LogP) is 4.83. The molecule has 0 bridgehead atoms. The van der Waals surface area contributed by atoms with E-state index >= 15 is 0 Å². The van der Waals surface area contributed by atoms with Crippen LogP contribution in [0.5, 0.6) is 0 Å². The van der Waals surface area contributed by atoms with Crippen molar-refractivity contribution in [3.05, 3.63) is 35.4 Å². The fourth-order valence-electron chi connectivity index (χ4n) is 3.65. The third-order valence-corrected chi connectivity index (χ3v) is 4.66. The van der Waals surface area contributed by atoms with E-state index in [1.807, 2.05) is 6.92 Å². The van der Waals surface area contributed by atoms with Crippen molar-refractivity contribution in [2.45, 2.75) is 52.0 Å². The summed E-state index contributed by atoms with van der Waals surface area (Å²) in [5, 5.41) is 3.39. The molecule has 1 aromatic rings. The summed E-state index contributed by atoms with van der Waals surface area (Å²) in [4.78, 5) is 0. The van der Waals surface area contributed by atoms with E-state index in [2.05, 4.69) is 12.2 Å². The van der Waals surface area contributed by atoms with Gasteiger partial charge in [0.15, 0.2) is 11.6 Å². The molecule has 2 rings (SSSR count). The maximum absolute atomic E-state index is 14.1. The Morgan fingerprint density at radius 1 is 1.20 bits per heavy atom. The van der Waals surface area contributed by atoms with Gasteiger partial charge in [0.05, 0.1) is 0 Å². The van der Waals surface area contributed by atoms with Gasteiger partial charge in [-0.1, -0.05) is 51.7 Å². The van der Waals surface area contributed by atoms with Gasteiger partial charge in [-0.05, 0) is 30.9 Å². The minimum absolute atomic E-state index is 0.0686. The summed E-state index contributed by atoms with van der Waals surface area (Å²) in [5.41, 5.74) is 0.497. The molecule has 0 spiro atoms. The Labute approximate surface area is 120 Å². The Morgan fingerprint density at radius 2 is 1.95 bits per heavy atom. The van der Waals surface area contributed by atoms with Crippen LogP contribution >= 0.6 is 0 Å². The second kappa shape index (κ2) is 7.16. The molecule has 3 atom stereocenters. The molecular formula is C17H25F2N. The van der Waals surface area contributed by atoms with Crippen LogP contribution in [-0.2, 0) is 0 Å². The van der Waals surface area contributed by atoms with Crippen molar-refractivity contribution in [1.29, 1.82) is 0 Å². The van der Waals surface area contributed by atoms with Crippen LogP contribution in [0.15, 0.2) is 18.2 Å². The van der Waals surface area contributed by atoms with E-state index < -0.39 is 11.6 Å². The average molecular weight is 281 g/mol. The summed E-state index contributed by atoms with van der Waals surface area (Å²) in [6, 6.07) is 4.47. The first-order valence-corrected chi connectivity index (χ1v) is 7.86. The summed E-state index contributed by atoms with van der Waals surface area (Å²) in [6.45, 7) is 5.00. The minimum Gasteiger partial charge on any atom is -0.310 e. The van der Waals surface area contributed by atoms with E-state index in [9.17, 15) is 8.78 Å². The monoisotopic (exact) mass is 281 g/mol. The number of benzene rings is 1. The first kappa shape index (κ1) is 15.4. The van der Waals surface area contributed by atoms with Crippen LogP contribution in [0.2, 0.25) is 0 Å². The van der Waals surface area contributed by atoms with E-state index in [0.717, 1.165) is 19.4 Å². The number of halogens is 2. The van der Waals surface area contributed by atoms with Gasteiger partial charge in [0, 0.05) is 11.6 Å². The van der Waals surface area contributed by atoms with E-state index in [4.69, 9.17) is 0 Å². The van der Waals surface area contributed by atoms with Crippen molar-refractivity contribution in [2.24, 2.45) is 11.8 Å². The van der Waals surface area contributed by atoms with Gasteiger partial charge in [-0.3, -0.25) is 0 Å². The van der Waals surface area contributed by atoms with Gasteiger partial charge >= 0.3 is 0 Å². The van der Waals surface area contributed by atoms with Crippen LogP contribution < -0.4 is 5.32 Å². The van der Waals surface area contributed by atoms with Gasteiger partial charge in [0.25, 0.3) is 0 Å². The lowest BCUT2D eigenvalue weighted by Gasteiger charge is -2.37. The predicted molar refractivity (Wildman–Crippen MR) is 78.5 cm³/mol. The maximum atomic E-state index is 14.1. The van der Waals surface area contributed by atoms with Crippen molar-refractivity contribution >= 4 is 0 Å². The highest BCUT2D eigenvalue weighted by Gasteiger charge is 2.33. The van der Waals surface area contributed by atoms with Gasteiger partial charge in [-0.2, -0.15) is 0 Å². The molecule has 0 amide bonds. The van der Waals surface area contributed by atoms with E-state index in [1.54, 1.807) is 12.1 Å². The molecule has 1 aromatic carbocycles. The standard InChI is InChI=1S/C17H25F2N/c1-3-12-8-5-6-9-13(12)17(20-4-2)14-10-7-11-15(18)16(14)19/h7,10-13,17,20H,3-6,8-9H2,1-2H3. The van der Waals surface area contributed by atoms with E-state index in [0.29, 0.717) is 17.4 Å². The van der Waals surface area contributed by atoms with Gasteiger partial charge in [0.2, 0.25) is 0 Å². The van der Waals surface area contributed by atoms with Crippen molar-refractivity contribution in [1.82, 2.24) is 5.32 Å². The topological polar surface area (TPSA) is 12.0 Å². The second-order valence-corrected chi connectivity index (χ2v) is 5.80. The summed E-state index contributed by atoms with van der Waals surface area (Å²) in [5.74, 6) is -0.409. The van der Waals surface area contributed by atoms with Gasteiger partial charge < -0.3 is 5.32 Å². The molecule has 0 saturated heterocycles. The first-order chi connectivity index (χ1) is 9.69. The molecule has 112 valence electrons. The molecule has 1 nitrogen and oxygen atoms in total. The molecule has 0 aromatic heterocycles. The Hall–Kier alpha value is -0.960. The number of rotatable bonds is 5. The molecule has 20 heavy (non-hydrogen) atoms. The lowest BCUT2D eigenvalue weighted by Crippen LogP contribution is -2.35. The smallest absolute Gasteiger partial charge is 0.163 e. The third-order valence-electron chi connectivity index (χ3n) is 4.66. The lowest BCUT2D eigenvalue weighted by atomic mass is 9.72. The summed E-state index contributed by atoms with van der Waals surface area (Å²) in [6.07, 6.45) is 5.88. The molecule has 1 N–H and O–H groups in total. The Bertz CT molecular complexity index is 433. The van der Waals surface area contributed by atoms with Gasteiger partial charge in [-0.25, -0.2) is 8.78 Å². The quantitative estimate of drug-likeness (QED) is 0.815. The molecule has 1 fully saturated rings. The Kier molecular flexibility index (Phi) is 5.53. The molecular weight excluding hydrogens is 256 g/mol. The second-order valence-electron chi connectivity index (χ2n) is 5.80. The maximum Gasteiger partial charge on any atom is 0.163 e. The van der Waals surface area contributed by atoms with Gasteiger partial charge in [0.1, 0.15) is 0 Å². The summed E-state index contributed by atoms with van der Waals surface area (Å²) < 4.78 is 27.7. The Morgan fingerprint density at radius 3 is 2.65 bits per heavy atom. The highest BCUT2D eigenvalue weighted by molar-refractivity contribution is 5.23. The molecule has 3 heteroatoms. The number of nitrogens with one attached hydrogen (secondary N) is 1. The Balaban J connectivity index is 2.32. The van der Waals surface area contributed by atoms with Crippen LogP contribution in [0.4, 0.5) is 8.78 Å². The van der Waals surface area contributed by atoms with Crippen LogP contribution in [0.3, 0.4) is 0 Å². The largest absolute Gasteiger partial charge is 0.310 e. The molecule has 1 aliphatic rings. The highest BCUT2D eigenvalue weighted by atomic mass is 19.2. The number of hydrogen-bond acceptors (Lipinski definition) is 1. The van der Waals surface area contributed by atoms with Crippen LogP contribution in [0, 0.1) is 23.5 Å². The molecule has 1 aliphatic carbocycles. The molecule has 3 unspecified atom stereocenters. The van der Waals surface area contributed by atoms with Crippen molar-refractivity contribution in [3.8, 4) is 0 Å². The number of hydrogen-bond donors (Lipinski definition) is 1. The zero-order valence-electron chi connectivity index (χ0n) is 12.5. The van der Waals surface area contributed by atoms with Crippen molar-refractivity contribution in [3.63, 3.8) is 0 Å². The minimum atomic E-state index is -0.741. The first-order valence-electron chi connectivity index (χ1n) is 7.86. The summed E-state index contributed by atoms with van der Waals surface area (Å²) >= 11 is 0. The molecule has 0 radical (unpaired) electrons. The van der Waals surface area contributed by atoms with Gasteiger partial charge in [-0.15, -0.1) is 0 Å². The average Bonchev–Trinajstić information content (AvgIpc) is 2.48. The van der Waals surface area contributed by atoms with E-state index in [1.165, 1.54) is 25.3 Å². The van der Waals surface area contributed by atoms with Crippen molar-refractivity contribution in [2.75, 3.05) is 6.54 Å². The fourth-order valence-corrected chi connectivity index (χ4v) is 3.65. The van der Waals surface area contributed by atoms with Crippen LogP contribution in [-0.4, -0.2) is 6.54 Å². The SMILES string of the molecule is CCNC(c1cccc(F)c1F)C1CCCCC1CC. The lowest BCUT2D eigenvalue weighted by molar-refractivity contribution is 0.174. The van der Waals surface area contributed by atoms with Crippen LogP contribution in [0.1, 0.15) is 57.6 Å².